The van der Waals surface area contributed by atoms with Gasteiger partial charge in [-0.1, -0.05) is 33.3 Å². The minimum atomic E-state index is -3.35. The number of hydrogen-bond acceptors (Lipinski definition) is 4. The third-order valence-corrected chi connectivity index (χ3v) is 6.38. The summed E-state index contributed by atoms with van der Waals surface area (Å²) < 4.78 is 29.5. The zero-order valence-electron chi connectivity index (χ0n) is 14.2. The van der Waals surface area contributed by atoms with Crippen LogP contribution in [0.3, 0.4) is 0 Å². The van der Waals surface area contributed by atoms with Crippen molar-refractivity contribution in [2.24, 2.45) is 0 Å². The highest BCUT2D eigenvalue weighted by atomic mass is 32.2. The minimum absolute atomic E-state index is 0.0796. The van der Waals surface area contributed by atoms with E-state index in [9.17, 15) is 13.2 Å². The van der Waals surface area contributed by atoms with Gasteiger partial charge >= 0.3 is 0 Å². The van der Waals surface area contributed by atoms with Crippen molar-refractivity contribution in [3.63, 3.8) is 0 Å². The highest BCUT2D eigenvalue weighted by molar-refractivity contribution is 7.92. The van der Waals surface area contributed by atoms with E-state index >= 15 is 0 Å². The standard InChI is InChI=1S/C17H25NO4S/c1-17(2,3)12-8-9-15(22-4)14(10-12)18-16(19)11-23(20,21)13-6-5-7-13/h8-10,13H,5-7,11H2,1-4H3,(H,18,19). The van der Waals surface area contributed by atoms with E-state index in [1.54, 1.807) is 6.07 Å². The first-order chi connectivity index (χ1) is 10.6. The number of amides is 1. The van der Waals surface area contributed by atoms with Crippen LogP contribution in [0.4, 0.5) is 5.69 Å². The van der Waals surface area contributed by atoms with Crippen LogP contribution >= 0.6 is 0 Å². The third kappa shape index (κ3) is 4.25. The third-order valence-electron chi connectivity index (χ3n) is 4.23. The maximum atomic E-state index is 12.2. The van der Waals surface area contributed by atoms with Gasteiger partial charge < -0.3 is 10.1 Å². The Kier molecular flexibility index (Phi) is 5.04. The number of carbonyl (C=O) groups is 1. The van der Waals surface area contributed by atoms with Gasteiger partial charge in [-0.05, 0) is 36.0 Å². The van der Waals surface area contributed by atoms with Crippen LogP contribution in [0, 0.1) is 0 Å². The van der Waals surface area contributed by atoms with Crippen LogP contribution in [0.2, 0.25) is 0 Å². The van der Waals surface area contributed by atoms with Crippen molar-refractivity contribution in [2.75, 3.05) is 18.2 Å². The lowest BCUT2D eigenvalue weighted by Crippen LogP contribution is -2.35. The summed E-state index contributed by atoms with van der Waals surface area (Å²) in [5.74, 6) is -0.464. The monoisotopic (exact) mass is 339 g/mol. The molecule has 0 atom stereocenters. The predicted molar refractivity (Wildman–Crippen MR) is 91.7 cm³/mol. The van der Waals surface area contributed by atoms with Gasteiger partial charge in [-0.25, -0.2) is 8.42 Å². The fourth-order valence-electron chi connectivity index (χ4n) is 2.49. The molecule has 128 valence electrons. The summed E-state index contributed by atoms with van der Waals surface area (Å²) in [6, 6.07) is 5.57. The second-order valence-corrected chi connectivity index (χ2v) is 9.35. The topological polar surface area (TPSA) is 72.5 Å². The molecule has 23 heavy (non-hydrogen) atoms. The zero-order valence-corrected chi connectivity index (χ0v) is 15.0. The fourth-order valence-corrected chi connectivity index (χ4v) is 4.21. The van der Waals surface area contributed by atoms with Gasteiger partial charge in [0.15, 0.2) is 9.84 Å². The van der Waals surface area contributed by atoms with E-state index < -0.39 is 21.5 Å². The van der Waals surface area contributed by atoms with E-state index in [1.807, 2.05) is 12.1 Å². The molecule has 1 amide bonds. The largest absolute Gasteiger partial charge is 0.495 e. The molecule has 1 saturated carbocycles. The molecule has 0 saturated heterocycles. The summed E-state index contributed by atoms with van der Waals surface area (Å²) in [5.41, 5.74) is 1.47. The highest BCUT2D eigenvalue weighted by Gasteiger charge is 2.33. The van der Waals surface area contributed by atoms with Crippen LogP contribution in [0.25, 0.3) is 0 Å². The van der Waals surface area contributed by atoms with Gasteiger partial charge in [0.05, 0.1) is 18.0 Å². The molecular weight excluding hydrogens is 314 g/mol. The average molecular weight is 339 g/mol. The summed E-state index contributed by atoms with van der Waals surface area (Å²) >= 11 is 0. The quantitative estimate of drug-likeness (QED) is 0.895. The van der Waals surface area contributed by atoms with Gasteiger partial charge in [-0.15, -0.1) is 0 Å². The molecule has 1 N–H and O–H groups in total. The molecule has 0 unspecified atom stereocenters. The minimum Gasteiger partial charge on any atom is -0.495 e. The molecule has 1 aromatic rings. The van der Waals surface area contributed by atoms with E-state index in [-0.39, 0.29) is 10.7 Å². The van der Waals surface area contributed by atoms with E-state index in [0.29, 0.717) is 24.3 Å². The van der Waals surface area contributed by atoms with Gasteiger partial charge in [-0.2, -0.15) is 0 Å². The first-order valence-electron chi connectivity index (χ1n) is 7.83. The van der Waals surface area contributed by atoms with E-state index in [4.69, 9.17) is 4.74 Å². The zero-order chi connectivity index (χ0) is 17.3. The van der Waals surface area contributed by atoms with Crippen LogP contribution in [-0.2, 0) is 20.0 Å². The second-order valence-electron chi connectivity index (χ2n) is 7.07. The van der Waals surface area contributed by atoms with Crippen LogP contribution in [0.5, 0.6) is 5.75 Å². The smallest absolute Gasteiger partial charge is 0.239 e. The van der Waals surface area contributed by atoms with E-state index in [1.165, 1.54) is 7.11 Å². The Bertz CT molecular complexity index is 685. The number of carbonyl (C=O) groups excluding carboxylic acids is 1. The summed E-state index contributed by atoms with van der Waals surface area (Å²) in [6.07, 6.45) is 2.25. The van der Waals surface area contributed by atoms with Crippen molar-refractivity contribution in [3.05, 3.63) is 23.8 Å². The van der Waals surface area contributed by atoms with Gasteiger partial charge in [0.2, 0.25) is 5.91 Å². The van der Waals surface area contributed by atoms with E-state index in [2.05, 4.69) is 26.1 Å². The SMILES string of the molecule is COc1ccc(C(C)(C)C)cc1NC(=O)CS(=O)(=O)C1CCC1. The lowest BCUT2D eigenvalue weighted by atomic mass is 9.87. The van der Waals surface area contributed by atoms with Crippen molar-refractivity contribution in [3.8, 4) is 5.75 Å². The average Bonchev–Trinajstić information content (AvgIpc) is 2.33. The van der Waals surface area contributed by atoms with Crippen molar-refractivity contribution >= 4 is 21.4 Å². The predicted octanol–water partition coefficient (Wildman–Crippen LogP) is 2.90. The van der Waals surface area contributed by atoms with E-state index in [0.717, 1.165) is 12.0 Å². The van der Waals surface area contributed by atoms with Crippen molar-refractivity contribution in [2.45, 2.75) is 50.7 Å². The summed E-state index contributed by atoms with van der Waals surface area (Å²) in [4.78, 5) is 12.2. The molecule has 1 aliphatic rings. The first kappa shape index (κ1) is 17.8. The Balaban J connectivity index is 2.16. The molecule has 6 heteroatoms. The Morgan fingerprint density at radius 2 is 1.96 bits per heavy atom. The first-order valence-corrected chi connectivity index (χ1v) is 9.55. The molecule has 1 aromatic carbocycles. The number of hydrogen-bond donors (Lipinski definition) is 1. The van der Waals surface area contributed by atoms with Crippen LogP contribution in [0.1, 0.15) is 45.6 Å². The van der Waals surface area contributed by atoms with Crippen molar-refractivity contribution < 1.29 is 17.9 Å². The van der Waals surface area contributed by atoms with Gasteiger partial charge in [0.25, 0.3) is 0 Å². The highest BCUT2D eigenvalue weighted by Crippen LogP contribution is 2.32. The van der Waals surface area contributed by atoms with Crippen molar-refractivity contribution in [1.29, 1.82) is 0 Å². The van der Waals surface area contributed by atoms with Crippen LogP contribution in [-0.4, -0.2) is 32.4 Å². The summed E-state index contributed by atoms with van der Waals surface area (Å²) in [7, 11) is -1.83. The van der Waals surface area contributed by atoms with Crippen LogP contribution in [0.15, 0.2) is 18.2 Å². The molecule has 1 fully saturated rings. The molecule has 0 radical (unpaired) electrons. The molecule has 0 bridgehead atoms. The number of rotatable bonds is 5. The lowest BCUT2D eigenvalue weighted by molar-refractivity contribution is -0.113. The fraction of sp³-hybridized carbons (Fsp3) is 0.588. The van der Waals surface area contributed by atoms with Gasteiger partial charge in [0, 0.05) is 0 Å². The van der Waals surface area contributed by atoms with Gasteiger partial charge in [-0.3, -0.25) is 4.79 Å². The van der Waals surface area contributed by atoms with Gasteiger partial charge in [0.1, 0.15) is 11.5 Å². The number of sulfone groups is 1. The maximum absolute atomic E-state index is 12.2. The normalized spacial score (nSPS) is 15.8. The summed E-state index contributed by atoms with van der Waals surface area (Å²) in [5, 5.41) is 2.34. The number of benzene rings is 1. The Morgan fingerprint density at radius 1 is 1.30 bits per heavy atom. The number of anilines is 1. The Labute approximate surface area is 138 Å². The molecule has 0 aliphatic heterocycles. The Hall–Kier alpha value is -1.56. The lowest BCUT2D eigenvalue weighted by Gasteiger charge is -2.25. The molecule has 1 aliphatic carbocycles. The van der Waals surface area contributed by atoms with Crippen molar-refractivity contribution in [1.82, 2.24) is 0 Å². The molecule has 5 nitrogen and oxygen atoms in total. The number of ether oxygens (including phenoxy) is 1. The maximum Gasteiger partial charge on any atom is 0.239 e. The number of methoxy groups -OCH3 is 1. The molecule has 0 aromatic heterocycles. The van der Waals surface area contributed by atoms with Crippen LogP contribution < -0.4 is 10.1 Å². The summed E-state index contributed by atoms with van der Waals surface area (Å²) in [6.45, 7) is 6.21. The Morgan fingerprint density at radius 3 is 2.43 bits per heavy atom. The molecule has 0 spiro atoms. The number of nitrogens with one attached hydrogen (secondary N) is 1. The molecule has 2 rings (SSSR count). The molecule has 0 heterocycles. The molecular formula is C17H25NO4S. The second kappa shape index (κ2) is 6.51.